The van der Waals surface area contributed by atoms with E-state index in [1.807, 2.05) is 24.3 Å². The molecule has 154 valence electrons. The van der Waals surface area contributed by atoms with Gasteiger partial charge in [-0.15, -0.1) is 0 Å². The Labute approximate surface area is 162 Å². The Morgan fingerprint density at radius 1 is 1.21 bits per heavy atom. The van der Waals surface area contributed by atoms with Crippen LogP contribution in [0.15, 0.2) is 41.9 Å². The first kappa shape index (κ1) is 20.5. The fourth-order valence-corrected chi connectivity index (χ4v) is 3.64. The van der Waals surface area contributed by atoms with Crippen molar-refractivity contribution in [1.29, 1.82) is 0 Å². The maximum Gasteiger partial charge on any atom is 0.490 e. The number of pyridine rings is 1. The van der Waals surface area contributed by atoms with Crippen LogP contribution in [0.25, 0.3) is 6.08 Å². The number of carboxylic acids is 2. The van der Waals surface area contributed by atoms with E-state index in [4.69, 9.17) is 9.90 Å². The quantitative estimate of drug-likeness (QED) is 0.641. The largest absolute Gasteiger partial charge is 0.490 e. The number of aromatic nitrogens is 1. The van der Waals surface area contributed by atoms with Crippen molar-refractivity contribution in [3.63, 3.8) is 0 Å². The number of carbonyl (C=O) groups excluding carboxylic acids is 1. The van der Waals surface area contributed by atoms with Gasteiger partial charge in [0.25, 0.3) is 0 Å². The Kier molecular flexibility index (Phi) is 5.42. The van der Waals surface area contributed by atoms with Gasteiger partial charge in [0.15, 0.2) is 0 Å². The van der Waals surface area contributed by atoms with Gasteiger partial charge in [0.05, 0.1) is 6.04 Å². The second kappa shape index (κ2) is 7.66. The fourth-order valence-electron chi connectivity index (χ4n) is 3.64. The topological polar surface area (TPSA) is 120 Å². The number of nitrogens with zero attached hydrogens (tertiary/aromatic N) is 2. The van der Waals surface area contributed by atoms with Gasteiger partial charge in [0, 0.05) is 18.9 Å². The maximum absolute atomic E-state index is 12.1. The van der Waals surface area contributed by atoms with Gasteiger partial charge >= 0.3 is 18.1 Å². The molecule has 2 fully saturated rings. The molecule has 3 atom stereocenters. The number of alkyl halides is 3. The molecule has 3 N–H and O–H groups in total. The van der Waals surface area contributed by atoms with Gasteiger partial charge in [-0.1, -0.05) is 12.2 Å². The number of halogens is 3. The summed E-state index contributed by atoms with van der Waals surface area (Å²) in [4.78, 5) is 38.1. The molecular weight excluding hydrogens is 395 g/mol. The number of nitrogens with one attached hydrogen (secondary N) is 1. The van der Waals surface area contributed by atoms with E-state index < -0.39 is 18.1 Å². The van der Waals surface area contributed by atoms with Crippen molar-refractivity contribution in [3.05, 3.63) is 47.4 Å². The highest BCUT2D eigenvalue weighted by Gasteiger charge is 2.59. The molecule has 0 unspecified atom stereocenters. The number of carbonyl (C=O) groups is 3. The predicted molar refractivity (Wildman–Crippen MR) is 92.2 cm³/mol. The van der Waals surface area contributed by atoms with Crippen molar-refractivity contribution in [3.8, 4) is 0 Å². The standard InChI is InChI=1S/C16H15N3O3.C2HF3O2/c20-15-12-13-11(8-18-12)7-10(14(16(21)22)19(13)15)2-1-9-3-5-17-6-4-9;3-2(4,5)1(6)7/h1-6,11-13,18H,7-8H2,(H,21,22);(H,6,7)/b2-1+;/t11-,12+,13-;/m1./s1. The van der Waals surface area contributed by atoms with Gasteiger partial charge in [0.1, 0.15) is 11.7 Å². The van der Waals surface area contributed by atoms with E-state index in [1.165, 1.54) is 4.90 Å². The molecule has 4 heterocycles. The monoisotopic (exact) mass is 411 g/mol. The van der Waals surface area contributed by atoms with Crippen molar-refractivity contribution in [1.82, 2.24) is 15.2 Å². The predicted octanol–water partition coefficient (Wildman–Crippen LogP) is 1.27. The van der Waals surface area contributed by atoms with Gasteiger partial charge in [-0.25, -0.2) is 9.59 Å². The molecule has 0 bridgehead atoms. The third-order valence-electron chi connectivity index (χ3n) is 4.88. The van der Waals surface area contributed by atoms with Crippen LogP contribution in [0.1, 0.15) is 12.0 Å². The summed E-state index contributed by atoms with van der Waals surface area (Å²) in [6.45, 7) is 0.761. The molecule has 4 rings (SSSR count). The molecule has 0 radical (unpaired) electrons. The summed E-state index contributed by atoms with van der Waals surface area (Å²) in [6.07, 6.45) is 2.65. The molecule has 3 aliphatic rings. The second-order valence-electron chi connectivity index (χ2n) is 6.64. The van der Waals surface area contributed by atoms with Crippen molar-refractivity contribution in [2.75, 3.05) is 6.54 Å². The van der Waals surface area contributed by atoms with E-state index >= 15 is 0 Å². The zero-order valence-electron chi connectivity index (χ0n) is 14.8. The van der Waals surface area contributed by atoms with E-state index in [0.29, 0.717) is 17.9 Å². The Morgan fingerprint density at radius 3 is 2.38 bits per heavy atom. The molecule has 0 saturated carbocycles. The van der Waals surface area contributed by atoms with E-state index in [0.717, 1.165) is 12.1 Å². The van der Waals surface area contributed by atoms with Gasteiger partial charge in [0.2, 0.25) is 5.91 Å². The van der Waals surface area contributed by atoms with Crippen LogP contribution in [0.3, 0.4) is 0 Å². The van der Waals surface area contributed by atoms with Crippen LogP contribution >= 0.6 is 0 Å². The Hall–Kier alpha value is -3.21. The van der Waals surface area contributed by atoms with Crippen molar-refractivity contribution in [2.24, 2.45) is 5.92 Å². The summed E-state index contributed by atoms with van der Waals surface area (Å²) in [5.74, 6) is -3.62. The molecule has 0 spiro atoms. The Morgan fingerprint density at radius 2 is 1.83 bits per heavy atom. The van der Waals surface area contributed by atoms with Crippen LogP contribution in [0.4, 0.5) is 13.2 Å². The first-order chi connectivity index (χ1) is 13.6. The first-order valence-corrected chi connectivity index (χ1v) is 8.52. The summed E-state index contributed by atoms with van der Waals surface area (Å²) in [5.41, 5.74) is 1.80. The van der Waals surface area contributed by atoms with Crippen LogP contribution in [0, 0.1) is 5.92 Å². The lowest BCUT2D eigenvalue weighted by atomic mass is 9.79. The Balaban J connectivity index is 0.000000298. The number of rotatable bonds is 3. The smallest absolute Gasteiger partial charge is 0.477 e. The fraction of sp³-hybridized carbons (Fsp3) is 0.333. The average molecular weight is 411 g/mol. The third kappa shape index (κ3) is 3.99. The van der Waals surface area contributed by atoms with Gasteiger partial charge in [-0.05, 0) is 35.6 Å². The number of hydrogen-bond donors (Lipinski definition) is 3. The number of carboxylic acid groups (broad SMARTS) is 2. The molecule has 3 aliphatic heterocycles. The van der Waals surface area contributed by atoms with Gasteiger partial charge in [-0.2, -0.15) is 13.2 Å². The lowest BCUT2D eigenvalue weighted by Crippen LogP contribution is -2.68. The second-order valence-corrected chi connectivity index (χ2v) is 6.64. The van der Waals surface area contributed by atoms with Crippen LogP contribution in [-0.4, -0.2) is 62.7 Å². The van der Waals surface area contributed by atoms with E-state index in [2.05, 4.69) is 10.3 Å². The maximum atomic E-state index is 12.1. The van der Waals surface area contributed by atoms with Gasteiger partial charge < -0.3 is 15.5 Å². The molecule has 1 aromatic heterocycles. The molecule has 0 aliphatic carbocycles. The zero-order chi connectivity index (χ0) is 21.3. The molecule has 1 aromatic rings. The van der Waals surface area contributed by atoms with Crippen LogP contribution in [0.2, 0.25) is 0 Å². The lowest BCUT2D eigenvalue weighted by Gasteiger charge is -2.48. The first-order valence-electron chi connectivity index (χ1n) is 8.52. The zero-order valence-corrected chi connectivity index (χ0v) is 14.8. The summed E-state index contributed by atoms with van der Waals surface area (Å²) < 4.78 is 31.7. The lowest BCUT2D eigenvalue weighted by molar-refractivity contribution is -0.192. The number of amides is 1. The summed E-state index contributed by atoms with van der Waals surface area (Å²) in [7, 11) is 0. The van der Waals surface area contributed by atoms with E-state index in [-0.39, 0.29) is 23.7 Å². The van der Waals surface area contributed by atoms with Gasteiger partial charge in [-0.3, -0.25) is 14.7 Å². The van der Waals surface area contributed by atoms with Crippen LogP contribution < -0.4 is 5.32 Å². The highest BCUT2D eigenvalue weighted by Crippen LogP contribution is 2.43. The summed E-state index contributed by atoms with van der Waals surface area (Å²) in [6, 6.07) is 3.53. The van der Waals surface area contributed by atoms with Crippen molar-refractivity contribution >= 4 is 23.9 Å². The number of allylic oxidation sites excluding steroid dienone is 2. The minimum atomic E-state index is -5.08. The number of β-lactam (4-membered cyclic amide) rings is 1. The van der Waals surface area contributed by atoms with Crippen LogP contribution in [0.5, 0.6) is 0 Å². The molecule has 8 nitrogen and oxygen atoms in total. The normalized spacial score (nSPS) is 25.3. The number of hydrogen-bond acceptors (Lipinski definition) is 5. The van der Waals surface area contributed by atoms with Crippen LogP contribution in [-0.2, 0) is 14.4 Å². The third-order valence-corrected chi connectivity index (χ3v) is 4.88. The van der Waals surface area contributed by atoms with Crippen molar-refractivity contribution in [2.45, 2.75) is 24.7 Å². The van der Waals surface area contributed by atoms with Crippen molar-refractivity contribution < 1.29 is 37.8 Å². The highest BCUT2D eigenvalue weighted by molar-refractivity contribution is 6.01. The SMILES string of the molecule is O=C(O)C(F)(F)F.O=C(O)C1=C(/C=C/c2ccncc2)C[C@@H]2CN[C@@H]3C(=O)N1[C@H]23. The minimum Gasteiger partial charge on any atom is -0.477 e. The van der Waals surface area contributed by atoms with E-state index in [9.17, 15) is 27.9 Å². The number of aliphatic carboxylic acids is 2. The molecule has 29 heavy (non-hydrogen) atoms. The highest BCUT2D eigenvalue weighted by atomic mass is 19.4. The molecule has 1 amide bonds. The molecule has 2 saturated heterocycles. The van der Waals surface area contributed by atoms with E-state index in [1.54, 1.807) is 12.4 Å². The molecule has 11 heteroatoms. The minimum absolute atomic E-state index is 0.0108. The summed E-state index contributed by atoms with van der Waals surface area (Å²) in [5, 5.41) is 19.8. The molecular formula is C18H16F3N3O5. The average Bonchev–Trinajstić information content (AvgIpc) is 3.06. The summed E-state index contributed by atoms with van der Waals surface area (Å²) >= 11 is 0. The molecule has 0 aromatic carbocycles. The Bertz CT molecular complexity index is 898.